The summed E-state index contributed by atoms with van der Waals surface area (Å²) in [5.41, 5.74) is 0. The molecule has 50 valence electrons. The van der Waals surface area contributed by atoms with Gasteiger partial charge in [0.1, 0.15) is 0 Å². The summed E-state index contributed by atoms with van der Waals surface area (Å²) in [6, 6.07) is 0. The van der Waals surface area contributed by atoms with Crippen molar-refractivity contribution >= 4 is 0 Å². The Labute approximate surface area is 55.4 Å². The monoisotopic (exact) mass is 124 g/mol. The van der Waals surface area contributed by atoms with Crippen LogP contribution in [0.25, 0.3) is 0 Å². The summed E-state index contributed by atoms with van der Waals surface area (Å²) < 4.78 is 5.51. The highest BCUT2D eigenvalue weighted by molar-refractivity contribution is 5.00. The Morgan fingerprint density at radius 3 is 2.89 bits per heavy atom. The van der Waals surface area contributed by atoms with Crippen LogP contribution < -0.4 is 0 Å². The van der Waals surface area contributed by atoms with Crippen molar-refractivity contribution in [2.45, 2.75) is 37.9 Å². The van der Waals surface area contributed by atoms with Gasteiger partial charge in [0, 0.05) is 0 Å². The zero-order chi connectivity index (χ0) is 5.84. The second-order valence-electron chi connectivity index (χ2n) is 3.81. The van der Waals surface area contributed by atoms with Gasteiger partial charge in [0.05, 0.1) is 12.2 Å². The normalized spacial score (nSPS) is 61.3. The molecule has 0 aromatic rings. The third-order valence-corrected chi connectivity index (χ3v) is 3.22. The summed E-state index contributed by atoms with van der Waals surface area (Å²) in [4.78, 5) is 0. The van der Waals surface area contributed by atoms with Gasteiger partial charge in [-0.05, 0) is 37.5 Å². The zero-order valence-corrected chi connectivity index (χ0v) is 5.55. The molecule has 0 spiro atoms. The zero-order valence-electron chi connectivity index (χ0n) is 5.55. The van der Waals surface area contributed by atoms with Crippen LogP contribution in [0.5, 0.6) is 0 Å². The molecule has 1 saturated heterocycles. The van der Waals surface area contributed by atoms with E-state index < -0.39 is 0 Å². The van der Waals surface area contributed by atoms with Crippen molar-refractivity contribution < 1.29 is 4.74 Å². The summed E-state index contributed by atoms with van der Waals surface area (Å²) in [5.74, 6) is 2.09. The molecule has 0 aromatic heterocycles. The minimum absolute atomic E-state index is 0.711. The van der Waals surface area contributed by atoms with Gasteiger partial charge in [0.25, 0.3) is 0 Å². The van der Waals surface area contributed by atoms with E-state index >= 15 is 0 Å². The predicted octanol–water partition coefficient (Wildman–Crippen LogP) is 1.57. The molecule has 1 heterocycles. The van der Waals surface area contributed by atoms with E-state index in [0.29, 0.717) is 6.10 Å². The van der Waals surface area contributed by atoms with Crippen molar-refractivity contribution in [1.29, 1.82) is 0 Å². The Morgan fingerprint density at radius 2 is 2.00 bits per heavy atom. The number of hydrogen-bond donors (Lipinski definition) is 0. The topological polar surface area (TPSA) is 12.5 Å². The summed E-state index contributed by atoms with van der Waals surface area (Å²) in [6.07, 6.45) is 7.23. The second-order valence-corrected chi connectivity index (χ2v) is 3.81. The van der Waals surface area contributed by atoms with Crippen molar-refractivity contribution in [1.82, 2.24) is 0 Å². The van der Waals surface area contributed by atoms with E-state index in [-0.39, 0.29) is 0 Å². The average Bonchev–Trinajstić information content (AvgIpc) is 2.29. The molecule has 4 fully saturated rings. The molecule has 1 heteroatoms. The van der Waals surface area contributed by atoms with Crippen LogP contribution in [0, 0.1) is 11.8 Å². The average molecular weight is 124 g/mol. The lowest BCUT2D eigenvalue weighted by atomic mass is 9.74. The van der Waals surface area contributed by atoms with E-state index in [9.17, 15) is 0 Å². The van der Waals surface area contributed by atoms with Gasteiger partial charge < -0.3 is 4.74 Å². The minimum atomic E-state index is 0.711. The Hall–Kier alpha value is -0.0400. The highest BCUT2D eigenvalue weighted by atomic mass is 16.6. The van der Waals surface area contributed by atoms with Gasteiger partial charge in [0.15, 0.2) is 0 Å². The van der Waals surface area contributed by atoms with Crippen LogP contribution >= 0.6 is 0 Å². The van der Waals surface area contributed by atoms with Gasteiger partial charge in [-0.3, -0.25) is 0 Å². The second kappa shape index (κ2) is 1.34. The van der Waals surface area contributed by atoms with E-state index in [4.69, 9.17) is 4.74 Å². The van der Waals surface area contributed by atoms with E-state index in [1.807, 2.05) is 0 Å². The fraction of sp³-hybridized carbons (Fsp3) is 1.00. The molecule has 3 aliphatic carbocycles. The molecule has 4 aliphatic rings. The summed E-state index contributed by atoms with van der Waals surface area (Å²) in [6.45, 7) is 0. The Bertz CT molecular complexity index is 135. The number of hydrogen-bond acceptors (Lipinski definition) is 1. The largest absolute Gasteiger partial charge is 0.369 e. The summed E-state index contributed by atoms with van der Waals surface area (Å²) in [5, 5.41) is 0. The molecule has 0 N–H and O–H groups in total. The number of rotatable bonds is 0. The third-order valence-electron chi connectivity index (χ3n) is 3.22. The molecular formula is C8H12O. The summed E-state index contributed by atoms with van der Waals surface area (Å²) >= 11 is 0. The fourth-order valence-electron chi connectivity index (χ4n) is 2.49. The van der Waals surface area contributed by atoms with E-state index in [0.717, 1.165) is 17.9 Å². The van der Waals surface area contributed by atoms with Gasteiger partial charge in [-0.2, -0.15) is 0 Å². The first-order valence-electron chi connectivity index (χ1n) is 4.09. The molecule has 2 atom stereocenters. The van der Waals surface area contributed by atoms with Gasteiger partial charge >= 0.3 is 0 Å². The van der Waals surface area contributed by atoms with Crippen LogP contribution in [0.3, 0.4) is 0 Å². The first-order chi connectivity index (χ1) is 4.43. The Kier molecular flexibility index (Phi) is 0.704. The lowest BCUT2D eigenvalue weighted by Crippen LogP contribution is -2.25. The fourth-order valence-corrected chi connectivity index (χ4v) is 2.49. The molecule has 1 aliphatic heterocycles. The Morgan fingerprint density at radius 1 is 1.11 bits per heavy atom. The van der Waals surface area contributed by atoms with Crippen molar-refractivity contribution in [3.05, 3.63) is 0 Å². The van der Waals surface area contributed by atoms with Crippen molar-refractivity contribution in [2.75, 3.05) is 0 Å². The molecule has 3 saturated carbocycles. The van der Waals surface area contributed by atoms with Crippen LogP contribution in [0.1, 0.15) is 25.7 Å². The van der Waals surface area contributed by atoms with Crippen LogP contribution in [0.2, 0.25) is 0 Å². The maximum absolute atomic E-state index is 5.51. The molecule has 2 unspecified atom stereocenters. The molecular weight excluding hydrogens is 112 g/mol. The first-order valence-corrected chi connectivity index (χ1v) is 4.09. The molecule has 9 heavy (non-hydrogen) atoms. The van der Waals surface area contributed by atoms with Crippen LogP contribution in [0.4, 0.5) is 0 Å². The molecule has 4 rings (SSSR count). The standard InChI is InChI=1S/C8H12O/c1-2-7-8(9-7)6-3-5(1)4-6/h5-8H,1-4H2. The minimum Gasteiger partial charge on any atom is -0.369 e. The molecule has 0 aromatic carbocycles. The maximum Gasteiger partial charge on any atom is 0.0870 e. The number of epoxide rings is 1. The molecule has 0 radical (unpaired) electrons. The number of ether oxygens (including phenoxy) is 1. The third kappa shape index (κ3) is 0.536. The van der Waals surface area contributed by atoms with E-state index in [1.54, 1.807) is 0 Å². The lowest BCUT2D eigenvalue weighted by Gasteiger charge is -2.32. The molecule has 0 amide bonds. The smallest absolute Gasteiger partial charge is 0.0870 e. The van der Waals surface area contributed by atoms with Crippen molar-refractivity contribution in [3.63, 3.8) is 0 Å². The van der Waals surface area contributed by atoms with E-state index in [1.165, 1.54) is 25.7 Å². The number of fused-ring (bicyclic) bond motifs is 1. The highest BCUT2D eigenvalue weighted by Crippen LogP contribution is 2.51. The predicted molar refractivity (Wildman–Crippen MR) is 34.1 cm³/mol. The van der Waals surface area contributed by atoms with Gasteiger partial charge in [-0.25, -0.2) is 0 Å². The Balaban J connectivity index is 1.84. The maximum atomic E-state index is 5.51. The van der Waals surface area contributed by atoms with Crippen LogP contribution in [0.15, 0.2) is 0 Å². The van der Waals surface area contributed by atoms with Crippen LogP contribution in [-0.2, 0) is 4.74 Å². The first kappa shape index (κ1) is 4.73. The van der Waals surface area contributed by atoms with Crippen molar-refractivity contribution in [2.24, 2.45) is 11.8 Å². The van der Waals surface area contributed by atoms with Crippen molar-refractivity contribution in [3.8, 4) is 0 Å². The lowest BCUT2D eigenvalue weighted by molar-refractivity contribution is 0.135. The SMILES string of the molecule is C1CC2OC2C2CC1C2. The van der Waals surface area contributed by atoms with Crippen LogP contribution in [-0.4, -0.2) is 12.2 Å². The molecule has 2 bridgehead atoms. The van der Waals surface area contributed by atoms with Gasteiger partial charge in [-0.1, -0.05) is 0 Å². The highest BCUT2D eigenvalue weighted by Gasteiger charge is 2.52. The van der Waals surface area contributed by atoms with Gasteiger partial charge in [-0.15, -0.1) is 0 Å². The molecule has 1 nitrogen and oxygen atoms in total. The van der Waals surface area contributed by atoms with Gasteiger partial charge in [0.2, 0.25) is 0 Å². The summed E-state index contributed by atoms with van der Waals surface area (Å²) in [7, 11) is 0. The quantitative estimate of drug-likeness (QED) is 0.446. The van der Waals surface area contributed by atoms with E-state index in [2.05, 4.69) is 0 Å².